The second-order valence-corrected chi connectivity index (χ2v) is 6.61. The van der Waals surface area contributed by atoms with E-state index in [9.17, 15) is 9.90 Å². The molecule has 1 aliphatic rings. The molecule has 0 radical (unpaired) electrons. The van der Waals surface area contributed by atoms with Crippen LogP contribution in [-0.2, 0) is 0 Å². The first kappa shape index (κ1) is 15.3. The summed E-state index contributed by atoms with van der Waals surface area (Å²) in [5.41, 5.74) is 0.0782. The zero-order valence-corrected chi connectivity index (χ0v) is 12.4. The van der Waals surface area contributed by atoms with E-state index in [1.165, 1.54) is 0 Å². The SMILES string of the molecule is CC(N(C)C(=O)NC1CCC(O)CC1)C(C)(C)C. The van der Waals surface area contributed by atoms with Gasteiger partial charge in [-0.15, -0.1) is 0 Å². The van der Waals surface area contributed by atoms with E-state index in [0.29, 0.717) is 0 Å². The molecule has 0 spiro atoms. The zero-order chi connectivity index (χ0) is 13.9. The van der Waals surface area contributed by atoms with Crippen molar-refractivity contribution in [2.75, 3.05) is 7.05 Å². The Kier molecular flexibility index (Phi) is 5.02. The Hall–Kier alpha value is -0.770. The van der Waals surface area contributed by atoms with Crippen LogP contribution in [0.15, 0.2) is 0 Å². The van der Waals surface area contributed by atoms with Gasteiger partial charge in [0, 0.05) is 19.1 Å². The lowest BCUT2D eigenvalue weighted by atomic mass is 9.87. The number of rotatable bonds is 2. The van der Waals surface area contributed by atoms with Gasteiger partial charge in [-0.1, -0.05) is 20.8 Å². The number of nitrogens with zero attached hydrogens (tertiary/aromatic N) is 1. The van der Waals surface area contributed by atoms with E-state index in [1.807, 2.05) is 7.05 Å². The van der Waals surface area contributed by atoms with Crippen molar-refractivity contribution in [3.05, 3.63) is 0 Å². The Morgan fingerprint density at radius 1 is 1.28 bits per heavy atom. The van der Waals surface area contributed by atoms with Gasteiger partial charge in [-0.3, -0.25) is 0 Å². The average Bonchev–Trinajstić information content (AvgIpc) is 2.29. The van der Waals surface area contributed by atoms with Crippen molar-refractivity contribution in [3.63, 3.8) is 0 Å². The quantitative estimate of drug-likeness (QED) is 0.797. The lowest BCUT2D eigenvalue weighted by Crippen LogP contribution is -2.50. The smallest absolute Gasteiger partial charge is 0.317 e. The van der Waals surface area contributed by atoms with Crippen molar-refractivity contribution in [1.82, 2.24) is 10.2 Å². The van der Waals surface area contributed by atoms with Crippen molar-refractivity contribution in [3.8, 4) is 0 Å². The van der Waals surface area contributed by atoms with E-state index < -0.39 is 0 Å². The highest BCUT2D eigenvalue weighted by Crippen LogP contribution is 2.23. The zero-order valence-electron chi connectivity index (χ0n) is 12.4. The molecule has 1 rings (SSSR count). The fourth-order valence-corrected chi connectivity index (χ4v) is 2.25. The van der Waals surface area contributed by atoms with Crippen LogP contribution in [0, 0.1) is 5.41 Å². The minimum atomic E-state index is -0.176. The molecule has 1 unspecified atom stereocenters. The molecule has 0 aromatic heterocycles. The lowest BCUT2D eigenvalue weighted by Gasteiger charge is -2.36. The molecule has 0 aromatic carbocycles. The Bertz CT molecular complexity index is 278. The maximum atomic E-state index is 12.1. The van der Waals surface area contributed by atoms with Gasteiger partial charge in [-0.05, 0) is 38.0 Å². The van der Waals surface area contributed by atoms with Gasteiger partial charge >= 0.3 is 6.03 Å². The molecular formula is C14H28N2O2. The molecule has 106 valence electrons. The Morgan fingerprint density at radius 3 is 2.22 bits per heavy atom. The fraction of sp³-hybridized carbons (Fsp3) is 0.929. The summed E-state index contributed by atoms with van der Waals surface area (Å²) in [5.74, 6) is 0. The van der Waals surface area contributed by atoms with Gasteiger partial charge in [0.05, 0.1) is 6.10 Å². The van der Waals surface area contributed by atoms with Crippen LogP contribution >= 0.6 is 0 Å². The number of urea groups is 1. The van der Waals surface area contributed by atoms with Crippen LogP contribution in [0.25, 0.3) is 0 Å². The largest absolute Gasteiger partial charge is 0.393 e. The molecule has 1 atom stereocenters. The van der Waals surface area contributed by atoms with E-state index in [2.05, 4.69) is 33.0 Å². The molecule has 0 aromatic rings. The Balaban J connectivity index is 2.45. The van der Waals surface area contributed by atoms with Gasteiger partial charge in [0.15, 0.2) is 0 Å². The molecular weight excluding hydrogens is 228 g/mol. The summed E-state index contributed by atoms with van der Waals surface area (Å²) in [6.07, 6.45) is 3.17. The molecule has 0 heterocycles. The second kappa shape index (κ2) is 5.91. The van der Waals surface area contributed by atoms with Crippen LogP contribution in [-0.4, -0.2) is 41.3 Å². The highest BCUT2D eigenvalue weighted by molar-refractivity contribution is 5.74. The third kappa shape index (κ3) is 4.16. The number of hydrogen-bond acceptors (Lipinski definition) is 2. The standard InChI is InChI=1S/C14H28N2O2/c1-10(14(2,3)4)16(5)13(18)15-11-6-8-12(17)9-7-11/h10-12,17H,6-9H2,1-5H3,(H,15,18). The number of aliphatic hydroxyl groups excluding tert-OH is 1. The number of carbonyl (C=O) groups is 1. The van der Waals surface area contributed by atoms with Gasteiger partial charge in [0.25, 0.3) is 0 Å². The highest BCUT2D eigenvalue weighted by Gasteiger charge is 2.28. The van der Waals surface area contributed by atoms with Crippen molar-refractivity contribution < 1.29 is 9.90 Å². The number of carbonyl (C=O) groups excluding carboxylic acids is 1. The maximum absolute atomic E-state index is 12.1. The summed E-state index contributed by atoms with van der Waals surface area (Å²) in [4.78, 5) is 13.9. The van der Waals surface area contributed by atoms with Crippen LogP contribution in [0.3, 0.4) is 0 Å². The minimum absolute atomic E-state index is 0.00110. The van der Waals surface area contributed by atoms with Crippen LogP contribution in [0.5, 0.6) is 0 Å². The number of hydrogen-bond donors (Lipinski definition) is 2. The Morgan fingerprint density at radius 2 is 1.78 bits per heavy atom. The molecule has 1 aliphatic carbocycles. The van der Waals surface area contributed by atoms with E-state index in [4.69, 9.17) is 0 Å². The molecule has 2 N–H and O–H groups in total. The van der Waals surface area contributed by atoms with E-state index in [0.717, 1.165) is 25.7 Å². The normalized spacial score (nSPS) is 26.6. The number of aliphatic hydroxyl groups is 1. The van der Waals surface area contributed by atoms with Crippen molar-refractivity contribution >= 4 is 6.03 Å². The van der Waals surface area contributed by atoms with E-state index in [1.54, 1.807) is 4.90 Å². The first-order chi connectivity index (χ1) is 8.21. The monoisotopic (exact) mass is 256 g/mol. The molecule has 4 heteroatoms. The Labute approximate surface area is 111 Å². The molecule has 1 saturated carbocycles. The fourth-order valence-electron chi connectivity index (χ4n) is 2.25. The van der Waals surface area contributed by atoms with Gasteiger partial charge in [-0.25, -0.2) is 4.79 Å². The predicted molar refractivity (Wildman–Crippen MR) is 73.5 cm³/mol. The van der Waals surface area contributed by atoms with Crippen molar-refractivity contribution in [2.24, 2.45) is 5.41 Å². The molecule has 0 aliphatic heterocycles. The van der Waals surface area contributed by atoms with E-state index in [-0.39, 0.29) is 29.6 Å². The van der Waals surface area contributed by atoms with Gasteiger partial charge in [0.1, 0.15) is 0 Å². The molecule has 2 amide bonds. The molecule has 1 fully saturated rings. The van der Waals surface area contributed by atoms with Gasteiger partial charge < -0.3 is 15.3 Å². The summed E-state index contributed by atoms with van der Waals surface area (Å²) >= 11 is 0. The lowest BCUT2D eigenvalue weighted by molar-refractivity contribution is 0.110. The highest BCUT2D eigenvalue weighted by atomic mass is 16.3. The number of amides is 2. The third-order valence-corrected chi connectivity index (χ3v) is 4.18. The number of nitrogens with one attached hydrogen (secondary N) is 1. The second-order valence-electron chi connectivity index (χ2n) is 6.61. The van der Waals surface area contributed by atoms with Gasteiger partial charge in [-0.2, -0.15) is 0 Å². The van der Waals surface area contributed by atoms with Crippen LogP contribution < -0.4 is 5.32 Å². The van der Waals surface area contributed by atoms with E-state index >= 15 is 0 Å². The van der Waals surface area contributed by atoms with Gasteiger partial charge in [0.2, 0.25) is 0 Å². The van der Waals surface area contributed by atoms with Crippen LogP contribution in [0.4, 0.5) is 4.79 Å². The average molecular weight is 256 g/mol. The first-order valence-corrected chi connectivity index (χ1v) is 6.93. The van der Waals surface area contributed by atoms with Crippen LogP contribution in [0.1, 0.15) is 53.4 Å². The first-order valence-electron chi connectivity index (χ1n) is 6.93. The molecule has 0 saturated heterocycles. The topological polar surface area (TPSA) is 52.6 Å². The van der Waals surface area contributed by atoms with Crippen molar-refractivity contribution in [2.45, 2.75) is 71.6 Å². The summed E-state index contributed by atoms with van der Waals surface area (Å²) in [7, 11) is 1.85. The summed E-state index contributed by atoms with van der Waals surface area (Å²) in [6.45, 7) is 8.49. The van der Waals surface area contributed by atoms with Crippen molar-refractivity contribution in [1.29, 1.82) is 0 Å². The molecule has 0 bridgehead atoms. The summed E-state index contributed by atoms with van der Waals surface area (Å²) in [5, 5.41) is 12.5. The van der Waals surface area contributed by atoms with Crippen LogP contribution in [0.2, 0.25) is 0 Å². The summed E-state index contributed by atoms with van der Waals surface area (Å²) < 4.78 is 0. The molecule has 18 heavy (non-hydrogen) atoms. The predicted octanol–water partition coefficient (Wildman–Crippen LogP) is 2.37. The molecule has 4 nitrogen and oxygen atoms in total. The summed E-state index contributed by atoms with van der Waals surface area (Å²) in [6, 6.07) is 0.404. The minimum Gasteiger partial charge on any atom is -0.393 e. The third-order valence-electron chi connectivity index (χ3n) is 4.18. The maximum Gasteiger partial charge on any atom is 0.317 e.